The van der Waals surface area contributed by atoms with Crippen molar-refractivity contribution in [2.24, 2.45) is 0 Å². The van der Waals surface area contributed by atoms with Crippen molar-refractivity contribution in [2.75, 3.05) is 6.54 Å². The molecule has 0 aliphatic heterocycles. The van der Waals surface area contributed by atoms with Gasteiger partial charge >= 0.3 is 0 Å². The summed E-state index contributed by atoms with van der Waals surface area (Å²) in [6.45, 7) is 0.598. The lowest BCUT2D eigenvalue weighted by Crippen LogP contribution is -2.26. The molecule has 0 radical (unpaired) electrons. The molecule has 6 heteroatoms. The van der Waals surface area contributed by atoms with Crippen LogP contribution in [0.1, 0.15) is 15.2 Å². The summed E-state index contributed by atoms with van der Waals surface area (Å²) in [4.78, 5) is 14.0. The Labute approximate surface area is 155 Å². The van der Waals surface area contributed by atoms with E-state index in [1.165, 1.54) is 4.88 Å². The van der Waals surface area contributed by atoms with Gasteiger partial charge in [-0.25, -0.2) is 4.68 Å². The number of rotatable bonds is 6. The number of nitrogens with zero attached hydrogens (tertiary/aromatic N) is 3. The van der Waals surface area contributed by atoms with Gasteiger partial charge in [0.05, 0.1) is 11.9 Å². The number of carbonyl (C=O) groups excluding carboxylic acids is 1. The van der Waals surface area contributed by atoms with Gasteiger partial charge in [0.1, 0.15) is 5.56 Å². The lowest BCUT2D eigenvalue weighted by Gasteiger charge is -2.11. The summed E-state index contributed by atoms with van der Waals surface area (Å²) in [5, 5.41) is 9.51. The molecule has 130 valence electrons. The molecule has 1 aromatic carbocycles. The molecule has 0 fully saturated rings. The summed E-state index contributed by atoms with van der Waals surface area (Å²) in [5.74, 6) is 0.613. The Morgan fingerprint density at radius 1 is 1.04 bits per heavy atom. The van der Waals surface area contributed by atoms with Crippen LogP contribution >= 0.6 is 11.3 Å². The Morgan fingerprint density at radius 3 is 2.58 bits per heavy atom. The van der Waals surface area contributed by atoms with Crippen LogP contribution in [0, 0.1) is 0 Å². The zero-order valence-electron chi connectivity index (χ0n) is 14.1. The smallest absolute Gasteiger partial charge is 0.256 e. The average Bonchev–Trinajstić information content (AvgIpc) is 3.42. The third kappa shape index (κ3) is 3.32. The molecule has 26 heavy (non-hydrogen) atoms. The van der Waals surface area contributed by atoms with Gasteiger partial charge in [0.25, 0.3) is 5.91 Å². The van der Waals surface area contributed by atoms with Gasteiger partial charge in [-0.1, -0.05) is 24.3 Å². The van der Waals surface area contributed by atoms with E-state index in [9.17, 15) is 4.79 Å². The third-order valence-corrected chi connectivity index (χ3v) is 5.01. The number of hydrogen-bond acceptors (Lipinski definition) is 3. The summed E-state index contributed by atoms with van der Waals surface area (Å²) < 4.78 is 3.70. The predicted octanol–water partition coefficient (Wildman–Crippen LogP) is 3.70. The minimum absolute atomic E-state index is 0.118. The van der Waals surface area contributed by atoms with E-state index in [-0.39, 0.29) is 5.91 Å². The van der Waals surface area contributed by atoms with Crippen molar-refractivity contribution in [2.45, 2.75) is 6.42 Å². The fourth-order valence-electron chi connectivity index (χ4n) is 2.83. The Bertz CT molecular complexity index is 972. The highest BCUT2D eigenvalue weighted by Gasteiger charge is 2.19. The molecule has 4 aromatic rings. The number of thiophene rings is 1. The lowest BCUT2D eigenvalue weighted by molar-refractivity contribution is 0.0954. The van der Waals surface area contributed by atoms with Crippen LogP contribution in [0.2, 0.25) is 0 Å². The minimum Gasteiger partial charge on any atom is -0.352 e. The second-order valence-corrected chi connectivity index (χ2v) is 6.84. The Morgan fingerprint density at radius 2 is 1.85 bits per heavy atom. The minimum atomic E-state index is -0.118. The maximum Gasteiger partial charge on any atom is 0.256 e. The molecule has 0 unspecified atom stereocenters. The summed E-state index contributed by atoms with van der Waals surface area (Å²) >= 11 is 1.70. The van der Waals surface area contributed by atoms with E-state index in [0.717, 1.165) is 17.9 Å². The first-order chi connectivity index (χ1) is 12.8. The topological polar surface area (TPSA) is 51.9 Å². The molecular formula is C20H18N4OS. The fraction of sp³-hybridized carbons (Fsp3) is 0.100. The molecular weight excluding hydrogens is 344 g/mol. The van der Waals surface area contributed by atoms with Crippen LogP contribution in [0.3, 0.4) is 0 Å². The molecule has 0 saturated carbocycles. The summed E-state index contributed by atoms with van der Waals surface area (Å²) in [6.07, 6.45) is 6.29. The van der Waals surface area contributed by atoms with Crippen molar-refractivity contribution in [1.29, 1.82) is 0 Å². The predicted molar refractivity (Wildman–Crippen MR) is 103 cm³/mol. The number of nitrogens with one attached hydrogen (secondary N) is 1. The van der Waals surface area contributed by atoms with E-state index >= 15 is 0 Å². The first-order valence-corrected chi connectivity index (χ1v) is 9.28. The van der Waals surface area contributed by atoms with Crippen molar-refractivity contribution in [3.05, 3.63) is 89.0 Å². The van der Waals surface area contributed by atoms with Gasteiger partial charge in [-0.15, -0.1) is 11.3 Å². The maximum absolute atomic E-state index is 12.8. The van der Waals surface area contributed by atoms with Crippen molar-refractivity contribution in [3.8, 4) is 11.5 Å². The number of amides is 1. The van der Waals surface area contributed by atoms with Gasteiger partial charge < -0.3 is 9.88 Å². The number of carbonyl (C=O) groups is 1. The van der Waals surface area contributed by atoms with E-state index in [4.69, 9.17) is 0 Å². The standard InChI is InChI=1S/C20H18N4OS/c25-19(21-11-10-17-9-6-14-26-17)18-15-22-24(16-7-2-1-3-8-16)20(18)23-12-4-5-13-23/h1-9,12-15H,10-11H2,(H,21,25). The van der Waals surface area contributed by atoms with Crippen molar-refractivity contribution in [1.82, 2.24) is 19.7 Å². The summed E-state index contributed by atoms with van der Waals surface area (Å²) in [6, 6.07) is 17.8. The van der Waals surface area contributed by atoms with Crippen molar-refractivity contribution < 1.29 is 4.79 Å². The van der Waals surface area contributed by atoms with Gasteiger partial charge in [0.15, 0.2) is 5.82 Å². The molecule has 0 bridgehead atoms. The van der Waals surface area contributed by atoms with Crippen molar-refractivity contribution in [3.63, 3.8) is 0 Å². The second-order valence-electron chi connectivity index (χ2n) is 5.80. The molecule has 3 heterocycles. The molecule has 4 rings (SSSR count). The normalized spacial score (nSPS) is 10.8. The summed E-state index contributed by atoms with van der Waals surface area (Å²) in [5.41, 5.74) is 1.46. The van der Waals surface area contributed by atoms with Gasteiger partial charge in [0.2, 0.25) is 0 Å². The number of hydrogen-bond donors (Lipinski definition) is 1. The molecule has 3 aromatic heterocycles. The van der Waals surface area contributed by atoms with Gasteiger partial charge in [-0.3, -0.25) is 4.79 Å². The number of para-hydroxylation sites is 1. The summed E-state index contributed by atoms with van der Waals surface area (Å²) in [7, 11) is 0. The van der Waals surface area contributed by atoms with E-state index < -0.39 is 0 Å². The highest BCUT2D eigenvalue weighted by atomic mass is 32.1. The fourth-order valence-corrected chi connectivity index (χ4v) is 3.54. The highest BCUT2D eigenvalue weighted by Crippen LogP contribution is 2.19. The second kappa shape index (κ2) is 7.41. The first-order valence-electron chi connectivity index (χ1n) is 8.40. The SMILES string of the molecule is O=C(NCCc1cccs1)c1cnn(-c2ccccc2)c1-n1cccc1. The molecule has 1 amide bonds. The van der Waals surface area contributed by atoms with Crippen LogP contribution < -0.4 is 5.32 Å². The molecule has 0 saturated heterocycles. The number of benzene rings is 1. The van der Waals surface area contributed by atoms with Crippen LogP contribution in [0.4, 0.5) is 0 Å². The molecule has 1 N–H and O–H groups in total. The monoisotopic (exact) mass is 362 g/mol. The van der Waals surface area contributed by atoms with E-state index in [2.05, 4.69) is 16.5 Å². The van der Waals surface area contributed by atoms with Crippen molar-refractivity contribution >= 4 is 17.2 Å². The molecule has 0 spiro atoms. The Balaban J connectivity index is 1.61. The number of aromatic nitrogens is 3. The Hall–Kier alpha value is -3.12. The lowest BCUT2D eigenvalue weighted by atomic mass is 10.2. The van der Waals surface area contributed by atoms with Crippen LogP contribution in [-0.4, -0.2) is 26.8 Å². The van der Waals surface area contributed by atoms with E-state index in [0.29, 0.717) is 12.1 Å². The molecule has 0 aliphatic rings. The van der Waals surface area contributed by atoms with Gasteiger partial charge in [0, 0.05) is 23.8 Å². The van der Waals surface area contributed by atoms with Gasteiger partial charge in [-0.2, -0.15) is 5.10 Å². The van der Waals surface area contributed by atoms with Crippen LogP contribution in [0.25, 0.3) is 11.5 Å². The third-order valence-electron chi connectivity index (χ3n) is 4.08. The van der Waals surface area contributed by atoms with E-state index in [1.807, 2.05) is 70.9 Å². The van der Waals surface area contributed by atoms with E-state index in [1.54, 1.807) is 22.2 Å². The zero-order chi connectivity index (χ0) is 17.8. The van der Waals surface area contributed by atoms with Crippen LogP contribution in [0.15, 0.2) is 78.6 Å². The molecule has 0 aliphatic carbocycles. The van der Waals surface area contributed by atoms with Crippen LogP contribution in [0.5, 0.6) is 0 Å². The first kappa shape index (κ1) is 16.4. The molecule has 5 nitrogen and oxygen atoms in total. The quantitative estimate of drug-likeness (QED) is 0.569. The average molecular weight is 362 g/mol. The zero-order valence-corrected chi connectivity index (χ0v) is 14.9. The van der Waals surface area contributed by atoms with Crippen LogP contribution in [-0.2, 0) is 6.42 Å². The maximum atomic E-state index is 12.8. The highest BCUT2D eigenvalue weighted by molar-refractivity contribution is 7.09. The molecule has 0 atom stereocenters. The largest absolute Gasteiger partial charge is 0.352 e. The van der Waals surface area contributed by atoms with Gasteiger partial charge in [-0.05, 0) is 42.1 Å². The Kier molecular flexibility index (Phi) is 4.66.